The average molecular weight is 312 g/mol. The van der Waals surface area contributed by atoms with Crippen LogP contribution in [0.3, 0.4) is 0 Å². The molecule has 0 aliphatic carbocycles. The number of primary amides is 1. The highest BCUT2D eigenvalue weighted by Crippen LogP contribution is 2.23. The quantitative estimate of drug-likeness (QED) is 0.498. The first-order valence-electron chi connectivity index (χ1n) is 5.98. The van der Waals surface area contributed by atoms with E-state index in [9.17, 15) is 4.79 Å². The van der Waals surface area contributed by atoms with Crippen molar-refractivity contribution in [1.82, 2.24) is 19.7 Å². The second kappa shape index (κ2) is 6.71. The predicted molar refractivity (Wildman–Crippen MR) is 78.8 cm³/mol. The van der Waals surface area contributed by atoms with Gasteiger partial charge in [0.15, 0.2) is 11.0 Å². The molecule has 2 N–H and O–H groups in total. The van der Waals surface area contributed by atoms with Crippen LogP contribution in [0.1, 0.15) is 16.9 Å². The van der Waals surface area contributed by atoms with Crippen LogP contribution in [-0.2, 0) is 7.05 Å². The Morgan fingerprint density at radius 2 is 2.30 bits per heavy atom. The maximum absolute atomic E-state index is 11.1. The van der Waals surface area contributed by atoms with E-state index in [1.165, 1.54) is 6.20 Å². The highest BCUT2D eigenvalue weighted by Gasteiger charge is 2.12. The zero-order valence-corrected chi connectivity index (χ0v) is 12.5. The normalized spacial score (nSPS) is 10.7. The summed E-state index contributed by atoms with van der Waals surface area (Å²) in [5, 5.41) is 9.09. The van der Waals surface area contributed by atoms with E-state index in [-0.39, 0.29) is 5.69 Å². The highest BCUT2D eigenvalue weighted by molar-refractivity contribution is 7.99. The van der Waals surface area contributed by atoms with Crippen molar-refractivity contribution in [3.63, 3.8) is 0 Å². The van der Waals surface area contributed by atoms with Crippen molar-refractivity contribution >= 4 is 29.3 Å². The number of halogens is 1. The van der Waals surface area contributed by atoms with Crippen molar-refractivity contribution in [2.75, 3.05) is 11.6 Å². The number of amides is 1. The van der Waals surface area contributed by atoms with Gasteiger partial charge in [0.05, 0.1) is 0 Å². The Kier molecular flexibility index (Phi) is 4.97. The van der Waals surface area contributed by atoms with E-state index in [1.54, 1.807) is 23.9 Å². The average Bonchev–Trinajstić information content (AvgIpc) is 2.81. The summed E-state index contributed by atoms with van der Waals surface area (Å²) in [5.74, 6) is 1.62. The molecule has 0 aromatic carbocycles. The molecular weight excluding hydrogens is 298 g/mol. The van der Waals surface area contributed by atoms with Gasteiger partial charge in [0.1, 0.15) is 5.69 Å². The number of aromatic nitrogens is 4. The highest BCUT2D eigenvalue weighted by atomic mass is 35.5. The second-order valence-electron chi connectivity index (χ2n) is 4.05. The zero-order chi connectivity index (χ0) is 14.5. The van der Waals surface area contributed by atoms with Crippen LogP contribution in [-0.4, -0.2) is 37.3 Å². The topological polar surface area (TPSA) is 86.7 Å². The van der Waals surface area contributed by atoms with Crippen LogP contribution >= 0.6 is 23.4 Å². The molecule has 106 valence electrons. The number of pyridine rings is 1. The molecule has 0 spiro atoms. The number of carbonyl (C=O) groups is 1. The summed E-state index contributed by atoms with van der Waals surface area (Å²) >= 11 is 7.24. The van der Waals surface area contributed by atoms with Gasteiger partial charge in [-0.15, -0.1) is 21.8 Å². The van der Waals surface area contributed by atoms with Crippen LogP contribution in [0.4, 0.5) is 0 Å². The van der Waals surface area contributed by atoms with E-state index < -0.39 is 5.91 Å². The van der Waals surface area contributed by atoms with Crippen LogP contribution < -0.4 is 5.73 Å². The Labute approximate surface area is 125 Å². The molecule has 0 atom stereocenters. The van der Waals surface area contributed by atoms with Crippen molar-refractivity contribution in [2.45, 2.75) is 11.6 Å². The number of carbonyl (C=O) groups excluding carboxylic acids is 1. The summed E-state index contributed by atoms with van der Waals surface area (Å²) in [4.78, 5) is 15.1. The SMILES string of the molecule is Cn1c(SCCCCl)nnc1-c1ccnc(C(N)=O)c1. The Bertz CT molecular complexity index is 616. The minimum Gasteiger partial charge on any atom is -0.364 e. The molecule has 2 aromatic heterocycles. The number of nitrogens with two attached hydrogens (primary N) is 1. The number of hydrogen-bond acceptors (Lipinski definition) is 5. The van der Waals surface area contributed by atoms with Gasteiger partial charge in [-0.1, -0.05) is 11.8 Å². The van der Waals surface area contributed by atoms with E-state index >= 15 is 0 Å². The van der Waals surface area contributed by atoms with Crippen LogP contribution in [0.5, 0.6) is 0 Å². The van der Waals surface area contributed by atoms with Gasteiger partial charge in [-0.05, 0) is 18.6 Å². The fourth-order valence-electron chi connectivity index (χ4n) is 1.61. The van der Waals surface area contributed by atoms with Gasteiger partial charge in [0, 0.05) is 30.4 Å². The first-order valence-corrected chi connectivity index (χ1v) is 7.50. The third-order valence-corrected chi connectivity index (χ3v) is 3.99. The first-order chi connectivity index (χ1) is 9.63. The first kappa shape index (κ1) is 14.8. The van der Waals surface area contributed by atoms with E-state index in [4.69, 9.17) is 17.3 Å². The third-order valence-electron chi connectivity index (χ3n) is 2.61. The third kappa shape index (κ3) is 3.29. The smallest absolute Gasteiger partial charge is 0.267 e. The van der Waals surface area contributed by atoms with E-state index in [1.807, 2.05) is 11.6 Å². The molecule has 2 heterocycles. The van der Waals surface area contributed by atoms with Crippen LogP contribution in [0.2, 0.25) is 0 Å². The summed E-state index contributed by atoms with van der Waals surface area (Å²) in [6.07, 6.45) is 2.44. The number of alkyl halides is 1. The molecule has 20 heavy (non-hydrogen) atoms. The van der Waals surface area contributed by atoms with E-state index in [2.05, 4.69) is 15.2 Å². The standard InChI is InChI=1S/C12H14ClN5OS/c1-18-11(16-17-12(18)20-6-2-4-13)8-3-5-15-9(7-8)10(14)19/h3,5,7H,2,4,6H2,1H3,(H2,14,19). The zero-order valence-electron chi connectivity index (χ0n) is 10.9. The van der Waals surface area contributed by atoms with Gasteiger partial charge in [-0.25, -0.2) is 0 Å². The molecule has 0 aliphatic rings. The van der Waals surface area contributed by atoms with Crippen LogP contribution in [0.25, 0.3) is 11.4 Å². The van der Waals surface area contributed by atoms with Crippen molar-refractivity contribution < 1.29 is 4.79 Å². The molecule has 1 amide bonds. The maximum atomic E-state index is 11.1. The summed E-state index contributed by atoms with van der Waals surface area (Å²) in [6.45, 7) is 0. The molecule has 0 radical (unpaired) electrons. The molecular formula is C12H14ClN5OS. The van der Waals surface area contributed by atoms with E-state index in [0.29, 0.717) is 11.7 Å². The predicted octanol–water partition coefficient (Wildman–Crippen LogP) is 1.70. The van der Waals surface area contributed by atoms with Gasteiger partial charge >= 0.3 is 0 Å². The maximum Gasteiger partial charge on any atom is 0.267 e. The molecule has 0 unspecified atom stereocenters. The Morgan fingerprint density at radius 1 is 1.50 bits per heavy atom. The van der Waals surface area contributed by atoms with Crippen molar-refractivity contribution in [3.8, 4) is 11.4 Å². The molecule has 2 rings (SSSR count). The minimum absolute atomic E-state index is 0.210. The number of thioether (sulfide) groups is 1. The molecule has 0 saturated heterocycles. The lowest BCUT2D eigenvalue weighted by Crippen LogP contribution is -2.12. The molecule has 0 saturated carbocycles. The van der Waals surface area contributed by atoms with Crippen LogP contribution in [0, 0.1) is 0 Å². The lowest BCUT2D eigenvalue weighted by Gasteiger charge is -2.04. The largest absolute Gasteiger partial charge is 0.364 e. The summed E-state index contributed by atoms with van der Waals surface area (Å²) in [5.41, 5.74) is 6.19. The Balaban J connectivity index is 2.25. The fourth-order valence-corrected chi connectivity index (χ4v) is 2.76. The molecule has 6 nitrogen and oxygen atoms in total. The van der Waals surface area contributed by atoms with Crippen molar-refractivity contribution in [1.29, 1.82) is 0 Å². The Morgan fingerprint density at radius 3 is 3.00 bits per heavy atom. The van der Waals surface area contributed by atoms with Crippen molar-refractivity contribution in [3.05, 3.63) is 24.0 Å². The summed E-state index contributed by atoms with van der Waals surface area (Å²) < 4.78 is 1.87. The number of rotatable bonds is 6. The van der Waals surface area contributed by atoms with Crippen molar-refractivity contribution in [2.24, 2.45) is 12.8 Å². The second-order valence-corrected chi connectivity index (χ2v) is 5.49. The lowest BCUT2D eigenvalue weighted by atomic mass is 10.2. The number of hydrogen-bond donors (Lipinski definition) is 1. The molecule has 0 bridgehead atoms. The Hall–Kier alpha value is -1.60. The molecule has 0 fully saturated rings. The van der Waals surface area contributed by atoms with Gasteiger partial charge < -0.3 is 10.3 Å². The lowest BCUT2D eigenvalue weighted by molar-refractivity contribution is 0.0995. The molecule has 2 aromatic rings. The minimum atomic E-state index is -0.564. The molecule has 8 heteroatoms. The van der Waals surface area contributed by atoms with Crippen LogP contribution in [0.15, 0.2) is 23.5 Å². The van der Waals surface area contributed by atoms with Gasteiger partial charge in [0.2, 0.25) is 0 Å². The van der Waals surface area contributed by atoms with Gasteiger partial charge in [-0.3, -0.25) is 9.78 Å². The fraction of sp³-hybridized carbons (Fsp3) is 0.333. The summed E-state index contributed by atoms with van der Waals surface area (Å²) in [6, 6.07) is 3.38. The van der Waals surface area contributed by atoms with Gasteiger partial charge in [0.25, 0.3) is 5.91 Å². The van der Waals surface area contributed by atoms with E-state index in [0.717, 1.165) is 22.9 Å². The van der Waals surface area contributed by atoms with Gasteiger partial charge in [-0.2, -0.15) is 0 Å². The molecule has 0 aliphatic heterocycles. The monoisotopic (exact) mass is 311 g/mol. The number of nitrogens with zero attached hydrogens (tertiary/aromatic N) is 4. The summed E-state index contributed by atoms with van der Waals surface area (Å²) in [7, 11) is 1.88.